The number of allylic oxidation sites excluding steroid dienone is 1. The van der Waals surface area contributed by atoms with Crippen LogP contribution < -0.4 is 15.5 Å². The second-order valence-corrected chi connectivity index (χ2v) is 4.34. The van der Waals surface area contributed by atoms with E-state index in [1.165, 1.54) is 10.9 Å². The van der Waals surface area contributed by atoms with Crippen LogP contribution in [0.5, 0.6) is 0 Å². The number of aliphatic hydroxyl groups excluding tert-OH is 1. The third-order valence-corrected chi connectivity index (χ3v) is 3.12. The van der Waals surface area contributed by atoms with Crippen molar-refractivity contribution in [3.63, 3.8) is 0 Å². The minimum atomic E-state index is -0.275. The van der Waals surface area contributed by atoms with E-state index in [-0.39, 0.29) is 24.1 Å². The first-order chi connectivity index (χ1) is 9.26. The number of nitrogens with one attached hydrogen (secondary N) is 1. The number of benzene rings is 1. The number of aromatic nitrogens is 2. The molecule has 2 unspecified atom stereocenters. The number of hydrogen-bond acceptors (Lipinski definition) is 3. The molecule has 0 amide bonds. The van der Waals surface area contributed by atoms with Gasteiger partial charge >= 0.3 is 0 Å². The molecule has 5 heteroatoms. The molecule has 0 spiro atoms. The lowest BCUT2D eigenvalue weighted by Gasteiger charge is -2.21. The fraction of sp³-hybridized carbons (Fsp3) is 0.286. The molecule has 0 aliphatic heterocycles. The van der Waals surface area contributed by atoms with E-state index in [1.54, 1.807) is 0 Å². The summed E-state index contributed by atoms with van der Waals surface area (Å²) in [7, 11) is 0. The molecule has 100 valence electrons. The standard InChI is InChI=1S/C14H17N3O2/c1-2-6-12(11-7-4-3-5-8-11)13(10-18)17-9-14(15)19-16-17/h2-5,7-9,12-13,15,18H,1,6,10H2. The molecular formula is C14H17N3O2. The van der Waals surface area contributed by atoms with Gasteiger partial charge in [-0.3, -0.25) is 10.7 Å². The topological polar surface area (TPSA) is 75.2 Å². The quantitative estimate of drug-likeness (QED) is 0.597. The maximum Gasteiger partial charge on any atom is 0.264 e. The molecule has 0 fully saturated rings. The van der Waals surface area contributed by atoms with Crippen LogP contribution in [0.3, 0.4) is 0 Å². The zero-order valence-corrected chi connectivity index (χ0v) is 10.6. The molecule has 0 saturated carbocycles. The predicted molar refractivity (Wildman–Crippen MR) is 68.2 cm³/mol. The van der Waals surface area contributed by atoms with Crippen LogP contribution in [0.25, 0.3) is 0 Å². The van der Waals surface area contributed by atoms with E-state index in [1.807, 2.05) is 36.4 Å². The molecule has 2 N–H and O–H groups in total. The van der Waals surface area contributed by atoms with Gasteiger partial charge in [-0.1, -0.05) is 36.4 Å². The summed E-state index contributed by atoms with van der Waals surface area (Å²) in [5, 5.41) is 20.8. The van der Waals surface area contributed by atoms with Crippen LogP contribution in [0.15, 0.2) is 53.7 Å². The van der Waals surface area contributed by atoms with Crippen LogP contribution >= 0.6 is 0 Å². The van der Waals surface area contributed by atoms with Gasteiger partial charge in [-0.15, -0.1) is 6.58 Å². The highest BCUT2D eigenvalue weighted by molar-refractivity contribution is 5.20. The van der Waals surface area contributed by atoms with Crippen molar-refractivity contribution in [3.05, 3.63) is 60.3 Å². The molecule has 19 heavy (non-hydrogen) atoms. The Morgan fingerprint density at radius 1 is 1.42 bits per heavy atom. The Morgan fingerprint density at radius 2 is 2.16 bits per heavy atom. The molecule has 0 bridgehead atoms. The van der Waals surface area contributed by atoms with Gasteiger partial charge in [0.05, 0.1) is 5.92 Å². The largest absolute Gasteiger partial charge is 0.487 e. The van der Waals surface area contributed by atoms with Crippen molar-refractivity contribution in [1.29, 1.82) is 5.41 Å². The molecular weight excluding hydrogens is 242 g/mol. The lowest BCUT2D eigenvalue weighted by atomic mass is 9.89. The highest BCUT2D eigenvalue weighted by Crippen LogP contribution is 2.28. The average molecular weight is 259 g/mol. The molecule has 0 aliphatic carbocycles. The van der Waals surface area contributed by atoms with Crippen molar-refractivity contribution < 1.29 is 14.3 Å². The molecule has 1 heterocycles. The van der Waals surface area contributed by atoms with Gasteiger partial charge in [-0.25, -0.2) is 4.68 Å². The Morgan fingerprint density at radius 3 is 2.68 bits per heavy atom. The summed E-state index contributed by atoms with van der Waals surface area (Å²) >= 11 is 0. The van der Waals surface area contributed by atoms with Gasteiger partial charge in [0.1, 0.15) is 6.61 Å². The normalized spacial score (nSPS) is 13.9. The Kier molecular flexibility index (Phi) is 4.30. The van der Waals surface area contributed by atoms with E-state index >= 15 is 0 Å². The summed E-state index contributed by atoms with van der Waals surface area (Å²) < 4.78 is 6.26. The Hall–Kier alpha value is -2.14. The van der Waals surface area contributed by atoms with Crippen LogP contribution in [0.1, 0.15) is 23.9 Å². The summed E-state index contributed by atoms with van der Waals surface area (Å²) in [6, 6.07) is 9.63. The van der Waals surface area contributed by atoms with Gasteiger partial charge < -0.3 is 9.63 Å². The van der Waals surface area contributed by atoms with Crippen molar-refractivity contribution in [2.75, 3.05) is 6.61 Å². The second kappa shape index (κ2) is 6.15. The molecule has 0 radical (unpaired) electrons. The van der Waals surface area contributed by atoms with Crippen LogP contribution in [0.4, 0.5) is 0 Å². The van der Waals surface area contributed by atoms with E-state index in [0.29, 0.717) is 6.42 Å². The Labute approximate surface area is 111 Å². The molecule has 2 aromatic rings. The van der Waals surface area contributed by atoms with E-state index < -0.39 is 0 Å². The Balaban J connectivity index is 2.36. The summed E-state index contributed by atoms with van der Waals surface area (Å²) in [6.45, 7) is 3.69. The zero-order chi connectivity index (χ0) is 13.7. The molecule has 5 nitrogen and oxygen atoms in total. The number of hydrogen-bond donors (Lipinski definition) is 2. The summed E-state index contributed by atoms with van der Waals surface area (Å²) in [4.78, 5) is 0. The maximum absolute atomic E-state index is 9.65. The third kappa shape index (κ3) is 3.00. The highest BCUT2D eigenvalue weighted by Gasteiger charge is 2.27. The SMILES string of the molecule is C=CCC(c1ccccc1)C(CO)[n+]1cc(=N)o[n-]1. The van der Waals surface area contributed by atoms with Crippen LogP contribution in [0.2, 0.25) is 0 Å². The average Bonchev–Trinajstić information content (AvgIpc) is 2.86. The first-order valence-corrected chi connectivity index (χ1v) is 6.12. The van der Waals surface area contributed by atoms with Gasteiger partial charge in [-0.05, 0) is 12.0 Å². The summed E-state index contributed by atoms with van der Waals surface area (Å²) in [5.74, 6) is 0.0400. The van der Waals surface area contributed by atoms with Crippen molar-refractivity contribution in [1.82, 2.24) is 5.27 Å². The van der Waals surface area contributed by atoms with Crippen LogP contribution in [0, 0.1) is 5.41 Å². The van der Waals surface area contributed by atoms with Crippen LogP contribution in [-0.2, 0) is 0 Å². The Bertz CT molecular complexity index is 574. The highest BCUT2D eigenvalue weighted by atomic mass is 16.5. The molecule has 2 rings (SSSR count). The van der Waals surface area contributed by atoms with Crippen molar-refractivity contribution in [3.8, 4) is 0 Å². The lowest BCUT2D eigenvalue weighted by molar-refractivity contribution is -0.794. The molecule has 0 saturated heterocycles. The zero-order valence-electron chi connectivity index (χ0n) is 10.6. The molecule has 2 atom stereocenters. The fourth-order valence-electron chi connectivity index (χ4n) is 2.21. The van der Waals surface area contributed by atoms with Gasteiger partial charge in [0.2, 0.25) is 6.20 Å². The van der Waals surface area contributed by atoms with Crippen molar-refractivity contribution in [2.45, 2.75) is 18.4 Å². The summed E-state index contributed by atoms with van der Waals surface area (Å²) in [6.07, 6.45) is 4.00. The van der Waals surface area contributed by atoms with Gasteiger partial charge in [0.15, 0.2) is 6.04 Å². The number of nitrogens with zero attached hydrogens (tertiary/aromatic N) is 2. The first-order valence-electron chi connectivity index (χ1n) is 6.12. The lowest BCUT2D eigenvalue weighted by Crippen LogP contribution is -2.47. The van der Waals surface area contributed by atoms with Gasteiger partial charge in [-0.2, -0.15) is 0 Å². The molecule has 1 aromatic heterocycles. The van der Waals surface area contributed by atoms with Crippen molar-refractivity contribution in [2.24, 2.45) is 0 Å². The minimum absolute atomic E-state index is 0.0242. The predicted octanol–water partition coefficient (Wildman–Crippen LogP) is 0.897. The number of aliphatic hydroxyl groups is 1. The first kappa shape index (κ1) is 13.3. The molecule has 0 aliphatic rings. The third-order valence-electron chi connectivity index (χ3n) is 3.12. The van der Waals surface area contributed by atoms with Gasteiger partial charge in [0, 0.05) is 0 Å². The smallest absolute Gasteiger partial charge is 0.264 e. The van der Waals surface area contributed by atoms with Crippen molar-refractivity contribution >= 4 is 0 Å². The maximum atomic E-state index is 9.65. The van der Waals surface area contributed by atoms with Gasteiger partial charge in [0.25, 0.3) is 5.55 Å². The van der Waals surface area contributed by atoms with E-state index in [4.69, 9.17) is 9.93 Å². The molecule has 1 aromatic carbocycles. The minimum Gasteiger partial charge on any atom is -0.487 e. The number of rotatable bonds is 6. The van der Waals surface area contributed by atoms with E-state index in [0.717, 1.165) is 5.56 Å². The van der Waals surface area contributed by atoms with E-state index in [9.17, 15) is 5.11 Å². The van der Waals surface area contributed by atoms with Crippen LogP contribution in [-0.4, -0.2) is 11.7 Å². The van der Waals surface area contributed by atoms with E-state index in [2.05, 4.69) is 11.9 Å². The fourth-order valence-corrected chi connectivity index (χ4v) is 2.21. The monoisotopic (exact) mass is 259 g/mol. The second-order valence-electron chi connectivity index (χ2n) is 4.34. The summed E-state index contributed by atoms with van der Waals surface area (Å²) in [5.41, 5.74) is 1.08.